The van der Waals surface area contributed by atoms with Crippen LogP contribution in [-0.2, 0) is 9.59 Å². The van der Waals surface area contributed by atoms with Gasteiger partial charge in [0, 0.05) is 10.9 Å². The van der Waals surface area contributed by atoms with E-state index in [4.69, 9.17) is 0 Å². The van der Waals surface area contributed by atoms with E-state index in [1.165, 1.54) is 4.90 Å². The number of hydrogen-bond donors (Lipinski definition) is 0. The van der Waals surface area contributed by atoms with E-state index in [0.29, 0.717) is 6.42 Å². The van der Waals surface area contributed by atoms with Crippen molar-refractivity contribution in [1.29, 1.82) is 0 Å². The fourth-order valence-electron chi connectivity index (χ4n) is 3.32. The molecule has 0 unspecified atom stereocenters. The summed E-state index contributed by atoms with van der Waals surface area (Å²) in [5, 5.41) is 0. The molecule has 1 heterocycles. The fraction of sp³-hybridized carbons (Fsp3) is 0.467. The zero-order chi connectivity index (χ0) is 13.6. The Kier molecular flexibility index (Phi) is 3.01. The molecule has 0 N–H and O–H groups in total. The molecule has 1 saturated heterocycles. The Morgan fingerprint density at radius 2 is 1.89 bits per heavy atom. The minimum Gasteiger partial charge on any atom is -0.274 e. The van der Waals surface area contributed by atoms with Crippen molar-refractivity contribution in [1.82, 2.24) is 0 Å². The predicted octanol–water partition coefficient (Wildman–Crippen LogP) is 3.58. The Bertz CT molecular complexity index is 561. The van der Waals surface area contributed by atoms with Crippen LogP contribution in [0, 0.1) is 12.3 Å². The van der Waals surface area contributed by atoms with E-state index < -0.39 is 5.41 Å². The summed E-state index contributed by atoms with van der Waals surface area (Å²) in [5.41, 5.74) is 1.28. The van der Waals surface area contributed by atoms with Crippen molar-refractivity contribution in [2.45, 2.75) is 39.0 Å². The standard InChI is InChI=1S/C15H16BrNO2/c1-10-11(16)5-4-6-12(10)17-13(18)9-15(14(17)19)7-2-3-8-15/h4-6H,2-3,7-9H2,1H3. The van der Waals surface area contributed by atoms with Gasteiger partial charge in [0.2, 0.25) is 11.8 Å². The molecule has 4 heteroatoms. The molecule has 1 aromatic carbocycles. The first-order valence-corrected chi connectivity index (χ1v) is 7.47. The number of imide groups is 1. The average molecular weight is 322 g/mol. The van der Waals surface area contributed by atoms with Gasteiger partial charge in [-0.3, -0.25) is 9.59 Å². The van der Waals surface area contributed by atoms with Gasteiger partial charge in [-0.1, -0.05) is 34.8 Å². The zero-order valence-electron chi connectivity index (χ0n) is 10.9. The zero-order valence-corrected chi connectivity index (χ0v) is 12.5. The van der Waals surface area contributed by atoms with Crippen molar-refractivity contribution in [3.8, 4) is 0 Å². The lowest BCUT2D eigenvalue weighted by Crippen LogP contribution is -2.34. The van der Waals surface area contributed by atoms with Crippen molar-refractivity contribution in [3.63, 3.8) is 0 Å². The van der Waals surface area contributed by atoms with Gasteiger partial charge in [0.1, 0.15) is 0 Å². The largest absolute Gasteiger partial charge is 0.274 e. The molecule has 2 amide bonds. The molecule has 0 aromatic heterocycles. The normalized spacial score (nSPS) is 21.7. The van der Waals surface area contributed by atoms with E-state index in [2.05, 4.69) is 15.9 Å². The highest BCUT2D eigenvalue weighted by Crippen LogP contribution is 2.48. The van der Waals surface area contributed by atoms with Crippen molar-refractivity contribution >= 4 is 33.4 Å². The molecule has 0 radical (unpaired) electrons. The number of rotatable bonds is 1. The van der Waals surface area contributed by atoms with Gasteiger partial charge in [-0.15, -0.1) is 0 Å². The van der Waals surface area contributed by atoms with Gasteiger partial charge in [-0.05, 0) is 37.5 Å². The summed E-state index contributed by atoms with van der Waals surface area (Å²) < 4.78 is 0.929. The van der Waals surface area contributed by atoms with Crippen LogP contribution in [0.1, 0.15) is 37.7 Å². The number of halogens is 1. The lowest BCUT2D eigenvalue weighted by atomic mass is 9.84. The molecule has 1 aliphatic carbocycles. The van der Waals surface area contributed by atoms with Crippen molar-refractivity contribution < 1.29 is 9.59 Å². The third kappa shape index (κ3) is 1.84. The summed E-state index contributed by atoms with van der Waals surface area (Å²) in [7, 11) is 0. The first-order chi connectivity index (χ1) is 9.05. The molecule has 100 valence electrons. The first kappa shape index (κ1) is 12.9. The van der Waals surface area contributed by atoms with Gasteiger partial charge in [0.05, 0.1) is 11.1 Å². The summed E-state index contributed by atoms with van der Waals surface area (Å²) in [6.07, 6.45) is 4.23. The molecule has 2 fully saturated rings. The van der Waals surface area contributed by atoms with Crippen molar-refractivity contribution in [2.75, 3.05) is 4.90 Å². The molecule has 3 nitrogen and oxygen atoms in total. The van der Waals surface area contributed by atoms with Gasteiger partial charge >= 0.3 is 0 Å². The van der Waals surface area contributed by atoms with Gasteiger partial charge in [-0.25, -0.2) is 4.90 Å². The smallest absolute Gasteiger partial charge is 0.240 e. The maximum Gasteiger partial charge on any atom is 0.240 e. The van der Waals surface area contributed by atoms with Gasteiger partial charge < -0.3 is 0 Å². The summed E-state index contributed by atoms with van der Waals surface area (Å²) in [5.74, 6) is -0.0377. The van der Waals surface area contributed by atoms with Gasteiger partial charge in [0.25, 0.3) is 0 Å². The quantitative estimate of drug-likeness (QED) is 0.741. The Morgan fingerprint density at radius 1 is 1.21 bits per heavy atom. The monoisotopic (exact) mass is 321 g/mol. The average Bonchev–Trinajstić information content (AvgIpc) is 2.92. The number of carbonyl (C=O) groups excluding carboxylic acids is 2. The number of amides is 2. The van der Waals surface area contributed by atoms with Gasteiger partial charge in [-0.2, -0.15) is 0 Å². The molecular formula is C15H16BrNO2. The van der Waals surface area contributed by atoms with Gasteiger partial charge in [0.15, 0.2) is 0 Å². The highest BCUT2D eigenvalue weighted by atomic mass is 79.9. The molecule has 1 spiro atoms. The highest BCUT2D eigenvalue weighted by molar-refractivity contribution is 9.10. The second kappa shape index (κ2) is 4.44. The number of hydrogen-bond acceptors (Lipinski definition) is 2. The minimum atomic E-state index is -0.397. The molecule has 1 saturated carbocycles. The third-order valence-electron chi connectivity index (χ3n) is 4.44. The van der Waals surface area contributed by atoms with E-state index >= 15 is 0 Å². The summed E-state index contributed by atoms with van der Waals surface area (Å²) in [4.78, 5) is 26.4. The molecule has 0 bridgehead atoms. The van der Waals surface area contributed by atoms with E-state index in [1.807, 2.05) is 25.1 Å². The molecule has 3 rings (SSSR count). The lowest BCUT2D eigenvalue weighted by Gasteiger charge is -2.22. The number of benzene rings is 1. The molecule has 1 aliphatic heterocycles. The molecular weight excluding hydrogens is 306 g/mol. The van der Waals surface area contributed by atoms with Crippen LogP contribution in [0.5, 0.6) is 0 Å². The lowest BCUT2D eigenvalue weighted by molar-refractivity contribution is -0.125. The molecule has 0 atom stereocenters. The van der Waals surface area contributed by atoms with Crippen molar-refractivity contribution in [2.24, 2.45) is 5.41 Å². The van der Waals surface area contributed by atoms with Crippen LogP contribution in [0.3, 0.4) is 0 Å². The SMILES string of the molecule is Cc1c(Br)cccc1N1C(=O)CC2(CCCC2)C1=O. The van der Waals surface area contributed by atoms with Crippen LogP contribution in [0.2, 0.25) is 0 Å². The summed E-state index contributed by atoms with van der Waals surface area (Å²) >= 11 is 3.46. The topological polar surface area (TPSA) is 37.4 Å². The van der Waals surface area contributed by atoms with Crippen LogP contribution in [-0.4, -0.2) is 11.8 Å². The summed E-state index contributed by atoms with van der Waals surface area (Å²) in [6, 6.07) is 5.64. The number of anilines is 1. The molecule has 19 heavy (non-hydrogen) atoms. The number of carbonyl (C=O) groups is 2. The Morgan fingerprint density at radius 3 is 2.58 bits per heavy atom. The Labute approximate surface area is 121 Å². The van der Waals surface area contributed by atoms with E-state index in [1.54, 1.807) is 0 Å². The highest BCUT2D eigenvalue weighted by Gasteiger charge is 2.53. The predicted molar refractivity (Wildman–Crippen MR) is 76.9 cm³/mol. The maximum atomic E-state index is 12.7. The maximum absolute atomic E-state index is 12.7. The van der Waals surface area contributed by atoms with E-state index in [9.17, 15) is 9.59 Å². The van der Waals surface area contributed by atoms with Crippen LogP contribution in [0.4, 0.5) is 5.69 Å². The first-order valence-electron chi connectivity index (χ1n) is 6.68. The minimum absolute atomic E-state index is 0.0104. The van der Waals surface area contributed by atoms with Crippen LogP contribution < -0.4 is 4.90 Å². The van der Waals surface area contributed by atoms with Crippen molar-refractivity contribution in [3.05, 3.63) is 28.2 Å². The van der Waals surface area contributed by atoms with Crippen LogP contribution in [0.15, 0.2) is 22.7 Å². The Balaban J connectivity index is 2.04. The van der Waals surface area contributed by atoms with Crippen LogP contribution >= 0.6 is 15.9 Å². The fourth-order valence-corrected chi connectivity index (χ4v) is 3.67. The summed E-state index contributed by atoms with van der Waals surface area (Å²) in [6.45, 7) is 1.93. The second-order valence-corrected chi connectivity index (χ2v) is 6.44. The second-order valence-electron chi connectivity index (χ2n) is 5.58. The van der Waals surface area contributed by atoms with E-state index in [0.717, 1.165) is 41.4 Å². The Hall–Kier alpha value is -1.16. The molecule has 1 aromatic rings. The number of nitrogens with zero attached hydrogens (tertiary/aromatic N) is 1. The molecule has 2 aliphatic rings. The third-order valence-corrected chi connectivity index (χ3v) is 5.30. The van der Waals surface area contributed by atoms with E-state index in [-0.39, 0.29) is 11.8 Å². The van der Waals surface area contributed by atoms with Crippen LogP contribution in [0.25, 0.3) is 0 Å².